The maximum Gasteiger partial charge on any atom is 0.299 e. The lowest BCUT2D eigenvalue weighted by molar-refractivity contribution is 0.134. The first kappa shape index (κ1) is 19.7. The van der Waals surface area contributed by atoms with Crippen molar-refractivity contribution < 1.29 is 13.9 Å². The van der Waals surface area contributed by atoms with Crippen LogP contribution >= 0.6 is 0 Å². The molecule has 7 nitrogen and oxygen atoms in total. The molecule has 1 N–H and O–H groups in total. The van der Waals surface area contributed by atoms with Crippen molar-refractivity contribution in [2.75, 3.05) is 19.0 Å². The van der Waals surface area contributed by atoms with Gasteiger partial charge in [0.15, 0.2) is 5.76 Å². The number of oxazole rings is 1. The molecular formula is C23H24N4O3. The monoisotopic (exact) mass is 404 g/mol. The van der Waals surface area contributed by atoms with Crippen molar-refractivity contribution in [2.24, 2.45) is 0 Å². The van der Waals surface area contributed by atoms with Crippen LogP contribution in [0.3, 0.4) is 0 Å². The van der Waals surface area contributed by atoms with E-state index >= 15 is 0 Å². The number of hydrogen-bond acceptors (Lipinski definition) is 6. The Morgan fingerprint density at radius 3 is 2.67 bits per heavy atom. The highest BCUT2D eigenvalue weighted by molar-refractivity contribution is 5.63. The van der Waals surface area contributed by atoms with Crippen LogP contribution in [0, 0.1) is 6.92 Å². The summed E-state index contributed by atoms with van der Waals surface area (Å²) in [6.45, 7) is 5.29. The number of aryl methyl sites for hydroxylation is 1. The number of ether oxygens (including phenoxy) is 2. The van der Waals surface area contributed by atoms with E-state index in [9.17, 15) is 0 Å². The fraction of sp³-hybridized carbons (Fsp3) is 0.217. The van der Waals surface area contributed by atoms with Crippen molar-refractivity contribution in [1.82, 2.24) is 14.8 Å². The molecule has 4 aromatic rings. The fourth-order valence-electron chi connectivity index (χ4n) is 3.03. The van der Waals surface area contributed by atoms with Crippen molar-refractivity contribution in [1.29, 1.82) is 0 Å². The first-order chi connectivity index (χ1) is 14.7. The molecule has 0 aliphatic carbocycles. The summed E-state index contributed by atoms with van der Waals surface area (Å²) in [4.78, 5) is 4.37. The van der Waals surface area contributed by atoms with Gasteiger partial charge in [0.25, 0.3) is 6.01 Å². The van der Waals surface area contributed by atoms with Gasteiger partial charge in [-0.15, -0.1) is 5.10 Å². The quantitative estimate of drug-likeness (QED) is 0.439. The first-order valence-electron chi connectivity index (χ1n) is 9.77. The zero-order chi connectivity index (χ0) is 20.9. The van der Waals surface area contributed by atoms with Gasteiger partial charge in [-0.05, 0) is 55.3 Å². The Bertz CT molecular complexity index is 1120. The number of rotatable bonds is 8. The molecule has 154 valence electrons. The van der Waals surface area contributed by atoms with Gasteiger partial charge in [0.2, 0.25) is 5.88 Å². The molecule has 2 heterocycles. The predicted octanol–water partition coefficient (Wildman–Crippen LogP) is 5.12. The molecule has 0 amide bonds. The van der Waals surface area contributed by atoms with Crippen LogP contribution in [0.5, 0.6) is 5.88 Å². The van der Waals surface area contributed by atoms with Crippen LogP contribution < -0.4 is 10.1 Å². The summed E-state index contributed by atoms with van der Waals surface area (Å²) in [6, 6.07) is 16.3. The second kappa shape index (κ2) is 8.84. The topological polar surface area (TPSA) is 74.3 Å². The normalized spacial score (nSPS) is 10.9. The molecule has 0 atom stereocenters. The van der Waals surface area contributed by atoms with Crippen molar-refractivity contribution in [3.05, 3.63) is 72.1 Å². The highest BCUT2D eigenvalue weighted by Crippen LogP contribution is 2.27. The van der Waals surface area contributed by atoms with E-state index in [2.05, 4.69) is 33.6 Å². The first-order valence-corrected chi connectivity index (χ1v) is 9.77. The van der Waals surface area contributed by atoms with E-state index in [0.29, 0.717) is 30.9 Å². The molecule has 0 fully saturated rings. The van der Waals surface area contributed by atoms with Gasteiger partial charge in [0, 0.05) is 30.1 Å². The number of methoxy groups -OCH3 is 1. The van der Waals surface area contributed by atoms with Gasteiger partial charge in [-0.25, -0.2) is 9.67 Å². The molecule has 0 saturated heterocycles. The third-order valence-electron chi connectivity index (χ3n) is 4.71. The minimum absolute atomic E-state index is 0.447. The van der Waals surface area contributed by atoms with E-state index in [-0.39, 0.29) is 0 Å². The molecule has 0 radical (unpaired) electrons. The molecule has 0 aliphatic heterocycles. The van der Waals surface area contributed by atoms with E-state index in [1.807, 2.05) is 50.4 Å². The van der Waals surface area contributed by atoms with Crippen LogP contribution in [0.25, 0.3) is 17.0 Å². The lowest BCUT2D eigenvalue weighted by Gasteiger charge is -2.09. The molecule has 4 rings (SSSR count). The summed E-state index contributed by atoms with van der Waals surface area (Å²) in [5.41, 5.74) is 5.02. The van der Waals surface area contributed by atoms with E-state index in [0.717, 1.165) is 28.1 Å². The summed E-state index contributed by atoms with van der Waals surface area (Å²) in [5, 5.41) is 7.59. The third kappa shape index (κ3) is 4.36. The Balaban J connectivity index is 1.49. The number of anilines is 2. The largest absolute Gasteiger partial charge is 0.480 e. The molecule has 0 saturated carbocycles. The van der Waals surface area contributed by atoms with E-state index < -0.39 is 0 Å². The highest BCUT2D eigenvalue weighted by Gasteiger charge is 2.09. The van der Waals surface area contributed by atoms with Crippen LogP contribution in [0.15, 0.2) is 65.3 Å². The van der Waals surface area contributed by atoms with Crippen LogP contribution in [0.2, 0.25) is 0 Å². The zero-order valence-electron chi connectivity index (χ0n) is 17.3. The zero-order valence-corrected chi connectivity index (χ0v) is 17.3. The van der Waals surface area contributed by atoms with E-state index in [1.165, 1.54) is 0 Å². The molecule has 2 aromatic heterocycles. The minimum atomic E-state index is 0.447. The summed E-state index contributed by atoms with van der Waals surface area (Å²) in [7, 11) is 1.60. The Hall–Kier alpha value is -3.58. The molecule has 7 heteroatoms. The molecule has 0 unspecified atom stereocenters. The number of aromatic nitrogens is 3. The van der Waals surface area contributed by atoms with Crippen molar-refractivity contribution >= 4 is 11.7 Å². The van der Waals surface area contributed by atoms with Gasteiger partial charge in [0.1, 0.15) is 0 Å². The summed E-state index contributed by atoms with van der Waals surface area (Å²) in [5.74, 6) is 1.26. The minimum Gasteiger partial charge on any atom is -0.480 e. The van der Waals surface area contributed by atoms with E-state index in [4.69, 9.17) is 13.9 Å². The third-order valence-corrected chi connectivity index (χ3v) is 4.71. The number of nitrogens with one attached hydrogen (secondary N) is 1. The lowest BCUT2D eigenvalue weighted by Crippen LogP contribution is -1.97. The maximum absolute atomic E-state index is 5.92. The Kier molecular flexibility index (Phi) is 5.81. The van der Waals surface area contributed by atoms with Crippen molar-refractivity contribution in [2.45, 2.75) is 20.5 Å². The van der Waals surface area contributed by atoms with Crippen molar-refractivity contribution in [3.63, 3.8) is 0 Å². The number of benzene rings is 2. The Morgan fingerprint density at radius 2 is 1.93 bits per heavy atom. The lowest BCUT2D eigenvalue weighted by atomic mass is 10.1. The second-order valence-corrected chi connectivity index (χ2v) is 6.79. The SMILES string of the molecule is CCOCc1ccc(C)c(Nc2ncc(-c3ccc(-n4ccc(OC)n4)cc3)o2)c1. The van der Waals surface area contributed by atoms with Crippen LogP contribution in [0.4, 0.5) is 11.7 Å². The summed E-state index contributed by atoms with van der Waals surface area (Å²) in [6.07, 6.45) is 3.57. The van der Waals surface area contributed by atoms with Crippen LogP contribution in [-0.2, 0) is 11.3 Å². The second-order valence-electron chi connectivity index (χ2n) is 6.79. The standard InChI is InChI=1S/C23H24N4O3/c1-4-29-15-17-6-5-16(2)20(13-17)25-23-24-14-21(30-23)18-7-9-19(10-8-18)27-12-11-22(26-27)28-3/h5-14H,4,15H2,1-3H3,(H,24,25). The maximum atomic E-state index is 5.92. The highest BCUT2D eigenvalue weighted by atomic mass is 16.5. The molecule has 30 heavy (non-hydrogen) atoms. The molecule has 0 spiro atoms. The van der Waals surface area contributed by atoms with Gasteiger partial charge in [-0.1, -0.05) is 12.1 Å². The van der Waals surface area contributed by atoms with Gasteiger partial charge >= 0.3 is 0 Å². The van der Waals surface area contributed by atoms with Gasteiger partial charge in [-0.3, -0.25) is 0 Å². The van der Waals surface area contributed by atoms with Gasteiger partial charge in [-0.2, -0.15) is 0 Å². The fourth-order valence-corrected chi connectivity index (χ4v) is 3.03. The summed E-state index contributed by atoms with van der Waals surface area (Å²) >= 11 is 0. The molecule has 0 aliphatic rings. The molecule has 0 bridgehead atoms. The Morgan fingerprint density at radius 1 is 1.10 bits per heavy atom. The van der Waals surface area contributed by atoms with Crippen LogP contribution in [0.1, 0.15) is 18.1 Å². The smallest absolute Gasteiger partial charge is 0.299 e. The Labute approximate surface area is 175 Å². The average molecular weight is 404 g/mol. The number of nitrogens with zero attached hydrogens (tertiary/aromatic N) is 3. The molecular weight excluding hydrogens is 380 g/mol. The summed E-state index contributed by atoms with van der Waals surface area (Å²) < 4.78 is 18.3. The van der Waals surface area contributed by atoms with E-state index in [1.54, 1.807) is 18.0 Å². The number of hydrogen-bond donors (Lipinski definition) is 1. The van der Waals surface area contributed by atoms with Crippen molar-refractivity contribution in [3.8, 4) is 22.9 Å². The predicted molar refractivity (Wildman–Crippen MR) is 115 cm³/mol. The van der Waals surface area contributed by atoms with Gasteiger partial charge < -0.3 is 19.2 Å². The van der Waals surface area contributed by atoms with Crippen LogP contribution in [-0.4, -0.2) is 28.5 Å². The molecule has 2 aromatic carbocycles. The average Bonchev–Trinajstić information content (AvgIpc) is 3.44. The van der Waals surface area contributed by atoms with Gasteiger partial charge in [0.05, 0.1) is 25.6 Å².